The molecule has 156 valence electrons. The molecule has 2 heterocycles. The first-order valence-corrected chi connectivity index (χ1v) is 11.0. The molecule has 3 aromatic rings. The fourth-order valence-corrected chi connectivity index (χ4v) is 4.03. The third kappa shape index (κ3) is 4.67. The standard InChI is InChI=1S/C22H23N3O4S/c26-22-21(24-10-12-29-13-11-24)20(19-8-6-18(7-9-19)16-30(27)28)14-23-25(22)15-17-4-2-1-3-5-17/h1-9,14H,10-13,15-16H2,(H,27,28)/p-1. The molecule has 0 spiro atoms. The van der Waals surface area contributed by atoms with Crippen LogP contribution in [0.1, 0.15) is 11.1 Å². The Morgan fingerprint density at radius 3 is 2.37 bits per heavy atom. The lowest BCUT2D eigenvalue weighted by Crippen LogP contribution is -2.41. The molecule has 4 rings (SSSR count). The van der Waals surface area contributed by atoms with Gasteiger partial charge in [-0.1, -0.05) is 65.7 Å². The van der Waals surface area contributed by atoms with Gasteiger partial charge in [0.15, 0.2) is 0 Å². The van der Waals surface area contributed by atoms with Gasteiger partial charge in [-0.3, -0.25) is 9.00 Å². The number of aromatic nitrogens is 2. The average molecular weight is 425 g/mol. The molecule has 0 N–H and O–H groups in total. The molecule has 7 nitrogen and oxygen atoms in total. The minimum atomic E-state index is -2.14. The van der Waals surface area contributed by atoms with E-state index in [-0.39, 0.29) is 11.3 Å². The number of anilines is 1. The second kappa shape index (κ2) is 9.34. The van der Waals surface area contributed by atoms with Gasteiger partial charge in [0.1, 0.15) is 5.69 Å². The summed E-state index contributed by atoms with van der Waals surface area (Å²) in [6.45, 7) is 2.78. The second-order valence-corrected chi connectivity index (χ2v) is 8.00. The number of hydrogen-bond donors (Lipinski definition) is 0. The summed E-state index contributed by atoms with van der Waals surface area (Å²) in [6, 6.07) is 17.0. The number of benzene rings is 2. The third-order valence-electron chi connectivity index (χ3n) is 5.07. The van der Waals surface area contributed by atoms with Crippen molar-refractivity contribution in [2.75, 3.05) is 31.2 Å². The van der Waals surface area contributed by atoms with Crippen LogP contribution in [0.25, 0.3) is 11.1 Å². The number of ether oxygens (including phenoxy) is 1. The van der Waals surface area contributed by atoms with Gasteiger partial charge in [0.2, 0.25) is 0 Å². The summed E-state index contributed by atoms with van der Waals surface area (Å²) < 4.78 is 28.8. The maximum absolute atomic E-state index is 13.4. The molecular weight excluding hydrogens is 402 g/mol. The highest BCUT2D eigenvalue weighted by Gasteiger charge is 2.21. The van der Waals surface area contributed by atoms with Crippen molar-refractivity contribution in [1.29, 1.82) is 0 Å². The Morgan fingerprint density at radius 1 is 1.00 bits per heavy atom. The lowest BCUT2D eigenvalue weighted by Gasteiger charge is -2.30. The summed E-state index contributed by atoms with van der Waals surface area (Å²) in [7, 11) is 0. The van der Waals surface area contributed by atoms with E-state index in [9.17, 15) is 13.6 Å². The quantitative estimate of drug-likeness (QED) is 0.564. The van der Waals surface area contributed by atoms with Gasteiger partial charge in [0.05, 0.1) is 26.0 Å². The maximum Gasteiger partial charge on any atom is 0.291 e. The Morgan fingerprint density at radius 2 is 1.70 bits per heavy atom. The maximum atomic E-state index is 13.4. The summed E-state index contributed by atoms with van der Waals surface area (Å²) in [4.78, 5) is 15.5. The predicted molar refractivity (Wildman–Crippen MR) is 115 cm³/mol. The second-order valence-electron chi connectivity index (χ2n) is 7.10. The van der Waals surface area contributed by atoms with Crippen molar-refractivity contribution in [2.45, 2.75) is 12.3 Å². The first-order valence-electron chi connectivity index (χ1n) is 9.74. The van der Waals surface area contributed by atoms with Crippen molar-refractivity contribution in [3.05, 3.63) is 82.3 Å². The monoisotopic (exact) mass is 424 g/mol. The molecule has 30 heavy (non-hydrogen) atoms. The van der Waals surface area contributed by atoms with Crippen LogP contribution in [-0.2, 0) is 28.1 Å². The van der Waals surface area contributed by atoms with Gasteiger partial charge in [-0.05, 0) is 16.7 Å². The zero-order chi connectivity index (χ0) is 20.9. The van der Waals surface area contributed by atoms with Crippen LogP contribution < -0.4 is 10.5 Å². The number of morpholine rings is 1. The van der Waals surface area contributed by atoms with E-state index in [0.29, 0.717) is 44.1 Å². The van der Waals surface area contributed by atoms with E-state index >= 15 is 0 Å². The van der Waals surface area contributed by atoms with Gasteiger partial charge in [-0.15, -0.1) is 0 Å². The smallest absolute Gasteiger partial charge is 0.291 e. The van der Waals surface area contributed by atoms with E-state index in [0.717, 1.165) is 16.7 Å². The molecule has 2 aromatic carbocycles. The molecule has 0 saturated carbocycles. The van der Waals surface area contributed by atoms with Gasteiger partial charge >= 0.3 is 0 Å². The van der Waals surface area contributed by atoms with E-state index < -0.39 is 11.1 Å². The predicted octanol–water partition coefficient (Wildman–Crippen LogP) is 2.17. The Hall–Kier alpha value is -2.81. The van der Waals surface area contributed by atoms with Gasteiger partial charge in [0.25, 0.3) is 5.56 Å². The van der Waals surface area contributed by atoms with Gasteiger partial charge in [-0.2, -0.15) is 5.10 Å². The molecule has 1 aliphatic heterocycles. The van der Waals surface area contributed by atoms with Crippen molar-refractivity contribution >= 4 is 16.8 Å². The molecule has 1 aliphatic rings. The highest BCUT2D eigenvalue weighted by Crippen LogP contribution is 2.28. The topological polar surface area (TPSA) is 87.5 Å². The number of hydrogen-bond acceptors (Lipinski definition) is 6. The minimum absolute atomic E-state index is 0.0342. The minimum Gasteiger partial charge on any atom is -0.772 e. The van der Waals surface area contributed by atoms with Gasteiger partial charge in [0, 0.05) is 24.4 Å². The van der Waals surface area contributed by atoms with Crippen LogP contribution in [0.4, 0.5) is 5.69 Å². The van der Waals surface area contributed by atoms with Crippen molar-refractivity contribution in [2.24, 2.45) is 0 Å². The Bertz CT molecular complexity index is 1080. The van der Waals surface area contributed by atoms with Crippen LogP contribution in [0.5, 0.6) is 0 Å². The molecule has 1 atom stereocenters. The molecule has 1 saturated heterocycles. The molecular formula is C22H22N3O4S-. The van der Waals surface area contributed by atoms with Crippen LogP contribution >= 0.6 is 0 Å². The zero-order valence-corrected chi connectivity index (χ0v) is 17.2. The fourth-order valence-electron chi connectivity index (χ4n) is 3.57. The van der Waals surface area contributed by atoms with Crippen LogP contribution in [0.3, 0.4) is 0 Å². The summed E-state index contributed by atoms with van der Waals surface area (Å²) in [5.41, 5.74) is 3.72. The van der Waals surface area contributed by atoms with Crippen molar-refractivity contribution < 1.29 is 13.5 Å². The SMILES string of the molecule is O=c1c(N2CCOCC2)c(-c2ccc(CS(=O)[O-])cc2)cnn1Cc1ccccc1. The third-order valence-corrected chi connectivity index (χ3v) is 5.64. The van der Waals surface area contributed by atoms with Crippen LogP contribution in [0.15, 0.2) is 65.6 Å². The largest absolute Gasteiger partial charge is 0.772 e. The molecule has 1 fully saturated rings. The molecule has 8 heteroatoms. The number of nitrogens with zero attached hydrogens (tertiary/aromatic N) is 3. The Kier molecular flexibility index (Phi) is 6.37. The molecule has 0 bridgehead atoms. The molecule has 0 aliphatic carbocycles. The Labute approximate surface area is 177 Å². The highest BCUT2D eigenvalue weighted by atomic mass is 32.2. The lowest BCUT2D eigenvalue weighted by molar-refractivity contribution is 0.122. The fraction of sp³-hybridized carbons (Fsp3) is 0.273. The van der Waals surface area contributed by atoms with E-state index in [4.69, 9.17) is 4.74 Å². The van der Waals surface area contributed by atoms with E-state index in [1.807, 2.05) is 47.4 Å². The van der Waals surface area contributed by atoms with Gasteiger partial charge < -0.3 is 14.2 Å². The van der Waals surface area contributed by atoms with Crippen molar-refractivity contribution in [1.82, 2.24) is 9.78 Å². The highest BCUT2D eigenvalue weighted by molar-refractivity contribution is 7.78. The van der Waals surface area contributed by atoms with Crippen molar-refractivity contribution in [3.63, 3.8) is 0 Å². The van der Waals surface area contributed by atoms with Crippen molar-refractivity contribution in [3.8, 4) is 11.1 Å². The summed E-state index contributed by atoms with van der Waals surface area (Å²) >= 11 is -2.14. The van der Waals surface area contributed by atoms with E-state index in [1.165, 1.54) is 4.68 Å². The Balaban J connectivity index is 1.74. The molecule has 0 radical (unpaired) electrons. The summed E-state index contributed by atoms with van der Waals surface area (Å²) in [5, 5.41) is 4.42. The summed E-state index contributed by atoms with van der Waals surface area (Å²) in [5.74, 6) is -0.0342. The van der Waals surface area contributed by atoms with Crippen LogP contribution in [0.2, 0.25) is 0 Å². The van der Waals surface area contributed by atoms with Crippen LogP contribution in [-0.4, -0.2) is 44.8 Å². The van der Waals surface area contributed by atoms with E-state index in [2.05, 4.69) is 5.10 Å². The number of rotatable bonds is 6. The summed E-state index contributed by atoms with van der Waals surface area (Å²) in [6.07, 6.45) is 1.72. The van der Waals surface area contributed by atoms with Gasteiger partial charge in [-0.25, -0.2) is 4.68 Å². The average Bonchev–Trinajstić information content (AvgIpc) is 2.76. The first-order chi connectivity index (χ1) is 14.6. The molecule has 1 unspecified atom stereocenters. The zero-order valence-electron chi connectivity index (χ0n) is 16.4. The normalized spacial score (nSPS) is 15.2. The van der Waals surface area contributed by atoms with Crippen LogP contribution in [0, 0.1) is 0 Å². The lowest BCUT2D eigenvalue weighted by atomic mass is 10.0. The first kappa shape index (κ1) is 20.5. The molecule has 1 aromatic heterocycles. The molecule has 0 amide bonds. The van der Waals surface area contributed by atoms with E-state index in [1.54, 1.807) is 18.3 Å².